The highest BCUT2D eigenvalue weighted by molar-refractivity contribution is 5.76. The van der Waals surface area contributed by atoms with E-state index in [0.717, 1.165) is 6.92 Å². The number of carbonyl (C=O) groups excluding carboxylic acids is 1. The van der Waals surface area contributed by atoms with Crippen molar-refractivity contribution in [3.63, 3.8) is 0 Å². The maximum atomic E-state index is 11.1. The lowest BCUT2D eigenvalue weighted by atomic mass is 9.93. The van der Waals surface area contributed by atoms with Gasteiger partial charge in [-0.05, 0) is 0 Å². The lowest BCUT2D eigenvalue weighted by Crippen LogP contribution is -2.67. The average molecular weight is 310 g/mol. The Balaban J connectivity index is 3.07. The Morgan fingerprint density at radius 3 is 2.43 bits per heavy atom. The van der Waals surface area contributed by atoms with Crippen LogP contribution in [0.25, 0.3) is 0 Å². The number of hydrogen-bond donors (Lipinski definition) is 7. The van der Waals surface area contributed by atoms with Crippen molar-refractivity contribution in [3.8, 4) is 0 Å². The van der Waals surface area contributed by atoms with E-state index < -0.39 is 61.1 Å². The van der Waals surface area contributed by atoms with Gasteiger partial charge in [-0.1, -0.05) is 0 Å². The summed E-state index contributed by atoms with van der Waals surface area (Å²) >= 11 is 0. The fraction of sp³-hybridized carbons (Fsp3) is 0.818. The molecule has 7 N–H and O–H groups in total. The molecular weight excluding hydrogens is 291 g/mol. The van der Waals surface area contributed by atoms with Crippen molar-refractivity contribution >= 4 is 11.9 Å². The summed E-state index contributed by atoms with van der Waals surface area (Å²) in [6, 6.07) is -1.27. The van der Waals surface area contributed by atoms with E-state index in [1.54, 1.807) is 0 Å². The van der Waals surface area contributed by atoms with Gasteiger partial charge in [0, 0.05) is 13.3 Å². The molecule has 0 spiro atoms. The van der Waals surface area contributed by atoms with Gasteiger partial charge in [0.1, 0.15) is 18.3 Å². The number of aliphatic hydroxyl groups is 5. The molecule has 0 saturated carbocycles. The van der Waals surface area contributed by atoms with Crippen molar-refractivity contribution in [3.05, 3.63) is 0 Å². The summed E-state index contributed by atoms with van der Waals surface area (Å²) in [6.45, 7) is 0.256. The first-order valence-electron chi connectivity index (χ1n) is 6.18. The second kappa shape index (κ2) is 6.64. The molecule has 10 nitrogen and oxygen atoms in total. The highest BCUT2D eigenvalue weighted by Gasteiger charge is 2.53. The predicted octanol–water partition coefficient (Wildman–Crippen LogP) is -3.87. The summed E-state index contributed by atoms with van der Waals surface area (Å²) in [6.07, 6.45) is -7.48. The predicted molar refractivity (Wildman–Crippen MR) is 64.8 cm³/mol. The molecule has 0 aliphatic carbocycles. The van der Waals surface area contributed by atoms with Gasteiger partial charge in [-0.25, -0.2) is 4.79 Å². The number of ether oxygens (including phenoxy) is 1. The van der Waals surface area contributed by atoms with E-state index in [-0.39, 0.29) is 0 Å². The number of hydrogen-bond acceptors (Lipinski definition) is 8. The minimum atomic E-state index is -2.78. The molecule has 1 aliphatic rings. The fourth-order valence-corrected chi connectivity index (χ4v) is 2.14. The van der Waals surface area contributed by atoms with Crippen LogP contribution in [0.5, 0.6) is 0 Å². The van der Waals surface area contributed by atoms with Crippen LogP contribution in [0.2, 0.25) is 0 Å². The molecule has 0 unspecified atom stereocenters. The molecule has 0 aromatic rings. The number of rotatable bonds is 5. The summed E-state index contributed by atoms with van der Waals surface area (Å²) in [7, 11) is 0. The first kappa shape index (κ1) is 17.8. The van der Waals surface area contributed by atoms with E-state index in [0.29, 0.717) is 0 Å². The molecule has 1 fully saturated rings. The van der Waals surface area contributed by atoms with Crippen molar-refractivity contribution in [2.75, 3.05) is 6.61 Å². The summed E-state index contributed by atoms with van der Waals surface area (Å²) in [5, 5.41) is 59.0. The van der Waals surface area contributed by atoms with E-state index >= 15 is 0 Å². The third kappa shape index (κ3) is 3.87. The van der Waals surface area contributed by atoms with Crippen molar-refractivity contribution in [2.45, 2.75) is 49.6 Å². The first-order chi connectivity index (χ1) is 9.62. The van der Waals surface area contributed by atoms with Crippen LogP contribution in [0.15, 0.2) is 0 Å². The number of nitrogens with one attached hydrogen (secondary N) is 1. The molecule has 122 valence electrons. The smallest absolute Gasteiger partial charge is 0.364 e. The zero-order chi connectivity index (χ0) is 16.4. The Hall–Kier alpha value is -1.30. The number of carbonyl (C=O) groups is 2. The van der Waals surface area contributed by atoms with Crippen LogP contribution < -0.4 is 5.32 Å². The molecule has 1 aliphatic heterocycles. The topological polar surface area (TPSA) is 177 Å². The van der Waals surface area contributed by atoms with E-state index in [9.17, 15) is 30.0 Å². The van der Waals surface area contributed by atoms with Gasteiger partial charge in [0.05, 0.1) is 18.8 Å². The molecule has 1 rings (SSSR count). The van der Waals surface area contributed by atoms with Crippen LogP contribution in [0.1, 0.15) is 13.3 Å². The molecule has 0 aromatic heterocycles. The quantitative estimate of drug-likeness (QED) is 0.250. The highest BCUT2D eigenvalue weighted by Crippen LogP contribution is 2.30. The van der Waals surface area contributed by atoms with Crippen LogP contribution >= 0.6 is 0 Å². The third-order valence-electron chi connectivity index (χ3n) is 3.21. The normalized spacial score (nSPS) is 35.8. The molecule has 0 radical (unpaired) electrons. The minimum absolute atomic E-state index is 0.598. The number of carboxylic acids is 1. The maximum absolute atomic E-state index is 11.1. The van der Waals surface area contributed by atoms with E-state index in [1.807, 2.05) is 0 Å². The molecule has 0 bridgehead atoms. The summed E-state index contributed by atoms with van der Waals surface area (Å²) in [4.78, 5) is 22.1. The molecule has 0 aromatic carbocycles. The van der Waals surface area contributed by atoms with Crippen LogP contribution in [0.4, 0.5) is 0 Å². The molecule has 1 heterocycles. The van der Waals surface area contributed by atoms with Crippen LogP contribution in [0.3, 0.4) is 0 Å². The Morgan fingerprint density at radius 2 is 2.00 bits per heavy atom. The van der Waals surface area contributed by atoms with Gasteiger partial charge in [-0.15, -0.1) is 0 Å². The Labute approximate surface area is 119 Å². The standard InChI is InChI=1S/C11H19NO9/c1-4(14)12-7-5(15)2-11(20,10(18)19)21-9(7)8(17)6(16)3-13/h5-9,13,15-17,20H,2-3H2,1H3,(H,12,14)(H,18,19)/t5-,6+,7+,8+,9+,11-/m0/s1/i11+1. The molecule has 1 saturated heterocycles. The van der Waals surface area contributed by atoms with Gasteiger partial charge in [-0.2, -0.15) is 0 Å². The largest absolute Gasteiger partial charge is 0.477 e. The van der Waals surface area contributed by atoms with Crippen molar-refractivity contribution in [1.29, 1.82) is 0 Å². The SMILES string of the molecule is CC(=O)N[C@H]1[C@H]([C@H](O)[C@H](O)CO)O[13C@](O)(C(=O)O)C[C@@H]1O. The summed E-state index contributed by atoms with van der Waals surface area (Å²) in [5.41, 5.74) is 0. The number of aliphatic carboxylic acids is 1. The number of carboxylic acid groups (broad SMARTS) is 1. The number of amides is 1. The zero-order valence-electron chi connectivity index (χ0n) is 11.2. The Kier molecular flexibility index (Phi) is 5.61. The summed E-state index contributed by atoms with van der Waals surface area (Å²) in [5.74, 6) is -5.17. The van der Waals surface area contributed by atoms with Gasteiger partial charge < -0.3 is 40.7 Å². The van der Waals surface area contributed by atoms with E-state index in [2.05, 4.69) is 5.32 Å². The molecule has 1 amide bonds. The van der Waals surface area contributed by atoms with Crippen molar-refractivity contribution in [1.82, 2.24) is 5.32 Å². The van der Waals surface area contributed by atoms with Crippen LogP contribution in [-0.2, 0) is 14.3 Å². The van der Waals surface area contributed by atoms with E-state index in [4.69, 9.17) is 14.9 Å². The fourth-order valence-electron chi connectivity index (χ4n) is 2.14. The monoisotopic (exact) mass is 310 g/mol. The average Bonchev–Trinajstić information content (AvgIpc) is 2.39. The lowest BCUT2D eigenvalue weighted by molar-refractivity contribution is -0.295. The van der Waals surface area contributed by atoms with E-state index in [1.165, 1.54) is 0 Å². The summed E-state index contributed by atoms with van der Waals surface area (Å²) < 4.78 is 4.86. The third-order valence-corrected chi connectivity index (χ3v) is 3.21. The van der Waals surface area contributed by atoms with Gasteiger partial charge in [0.15, 0.2) is 0 Å². The van der Waals surface area contributed by atoms with Gasteiger partial charge in [0.25, 0.3) is 5.79 Å². The highest BCUT2D eigenvalue weighted by atomic mass is 16.8. The molecule has 10 heteroatoms. The second-order valence-corrected chi connectivity index (χ2v) is 4.91. The Morgan fingerprint density at radius 1 is 1.43 bits per heavy atom. The first-order valence-corrected chi connectivity index (χ1v) is 6.18. The van der Waals surface area contributed by atoms with Gasteiger partial charge in [-0.3, -0.25) is 4.79 Å². The zero-order valence-corrected chi connectivity index (χ0v) is 11.2. The molecular formula is C11H19NO9. The van der Waals surface area contributed by atoms with Gasteiger partial charge >= 0.3 is 5.97 Å². The van der Waals surface area contributed by atoms with Gasteiger partial charge in [0.2, 0.25) is 5.91 Å². The second-order valence-electron chi connectivity index (χ2n) is 4.91. The lowest BCUT2D eigenvalue weighted by Gasteiger charge is -2.44. The maximum Gasteiger partial charge on any atom is 0.364 e. The van der Waals surface area contributed by atoms with Crippen molar-refractivity contribution < 1.29 is 45.0 Å². The Bertz CT molecular complexity index is 403. The van der Waals surface area contributed by atoms with Crippen LogP contribution in [-0.4, -0.2) is 85.4 Å². The van der Waals surface area contributed by atoms with Crippen molar-refractivity contribution in [2.24, 2.45) is 0 Å². The minimum Gasteiger partial charge on any atom is -0.477 e. The van der Waals surface area contributed by atoms with Crippen LogP contribution in [0, 0.1) is 0 Å². The number of aliphatic hydroxyl groups excluding tert-OH is 4. The molecule has 21 heavy (non-hydrogen) atoms. The molecule has 6 atom stereocenters.